The Labute approximate surface area is 114 Å². The molecule has 0 saturated heterocycles. The van der Waals surface area contributed by atoms with E-state index in [4.69, 9.17) is 0 Å². The SMILES string of the molecule is CC(C)=CC(=O)OCC(F)(F)C(F)(F)C(F)(F)C(C)(F)F. The summed E-state index contributed by atoms with van der Waals surface area (Å²) in [4.78, 5) is 10.9. The summed E-state index contributed by atoms with van der Waals surface area (Å²) in [6.45, 7) is -0.389. The molecule has 0 saturated carbocycles. The lowest BCUT2D eigenvalue weighted by atomic mass is 10.0. The average Bonchev–Trinajstić information content (AvgIpc) is 2.23. The van der Waals surface area contributed by atoms with Gasteiger partial charge in [-0.05, 0) is 13.8 Å². The van der Waals surface area contributed by atoms with Crippen molar-refractivity contribution in [2.24, 2.45) is 0 Å². The first kappa shape index (κ1) is 19.7. The second-order valence-electron chi connectivity index (χ2n) is 4.57. The van der Waals surface area contributed by atoms with Crippen molar-refractivity contribution >= 4 is 5.97 Å². The molecular formula is C11H12F8O2. The summed E-state index contributed by atoms with van der Waals surface area (Å²) in [6, 6.07) is 0. The Morgan fingerprint density at radius 3 is 1.71 bits per heavy atom. The molecule has 0 aromatic heterocycles. The van der Waals surface area contributed by atoms with Crippen molar-refractivity contribution in [1.82, 2.24) is 0 Å². The van der Waals surface area contributed by atoms with Crippen molar-refractivity contribution in [3.63, 3.8) is 0 Å². The van der Waals surface area contributed by atoms with Crippen LogP contribution in [0, 0.1) is 0 Å². The van der Waals surface area contributed by atoms with Crippen molar-refractivity contribution in [2.45, 2.75) is 44.5 Å². The van der Waals surface area contributed by atoms with Crippen LogP contribution in [0.3, 0.4) is 0 Å². The number of carbonyl (C=O) groups excluding carboxylic acids is 1. The van der Waals surface area contributed by atoms with Crippen molar-refractivity contribution in [3.8, 4) is 0 Å². The fourth-order valence-corrected chi connectivity index (χ4v) is 1.04. The van der Waals surface area contributed by atoms with Crippen molar-refractivity contribution in [2.75, 3.05) is 6.61 Å². The van der Waals surface area contributed by atoms with E-state index in [-0.39, 0.29) is 5.57 Å². The number of ether oxygens (including phenoxy) is 1. The van der Waals surface area contributed by atoms with Gasteiger partial charge in [-0.2, -0.15) is 35.1 Å². The van der Waals surface area contributed by atoms with Crippen LogP contribution in [0.4, 0.5) is 35.1 Å². The zero-order chi connectivity index (χ0) is 17.3. The molecule has 0 aliphatic heterocycles. The van der Waals surface area contributed by atoms with Gasteiger partial charge < -0.3 is 4.74 Å². The molecule has 0 atom stereocenters. The van der Waals surface area contributed by atoms with Gasteiger partial charge in [0.15, 0.2) is 6.61 Å². The van der Waals surface area contributed by atoms with Crippen molar-refractivity contribution < 1.29 is 44.7 Å². The number of rotatable bonds is 6. The largest absolute Gasteiger partial charge is 0.456 e. The van der Waals surface area contributed by atoms with E-state index in [1.807, 2.05) is 0 Å². The van der Waals surface area contributed by atoms with Crippen LogP contribution in [0.2, 0.25) is 0 Å². The fourth-order valence-electron chi connectivity index (χ4n) is 1.04. The van der Waals surface area contributed by atoms with E-state index in [1.165, 1.54) is 13.8 Å². The van der Waals surface area contributed by atoms with Crippen LogP contribution in [0.15, 0.2) is 11.6 Å². The number of esters is 1. The highest BCUT2D eigenvalue weighted by atomic mass is 19.4. The Hall–Kier alpha value is -1.35. The third-order valence-electron chi connectivity index (χ3n) is 2.21. The first-order valence-electron chi connectivity index (χ1n) is 5.39. The molecule has 0 rings (SSSR count). The van der Waals surface area contributed by atoms with Crippen LogP contribution in [-0.2, 0) is 9.53 Å². The lowest BCUT2D eigenvalue weighted by Crippen LogP contribution is -2.62. The number of hydrogen-bond acceptors (Lipinski definition) is 2. The highest BCUT2D eigenvalue weighted by Crippen LogP contribution is 2.52. The minimum atomic E-state index is -6.41. The van der Waals surface area contributed by atoms with Gasteiger partial charge in [0, 0.05) is 13.0 Å². The number of alkyl halides is 8. The second kappa shape index (κ2) is 5.80. The Balaban J connectivity index is 5.22. The quantitative estimate of drug-likeness (QED) is 0.418. The Bertz CT molecular complexity index is 418. The summed E-state index contributed by atoms with van der Waals surface area (Å²) in [5.41, 5.74) is 0.264. The van der Waals surface area contributed by atoms with Gasteiger partial charge in [0.2, 0.25) is 0 Å². The van der Waals surface area contributed by atoms with E-state index >= 15 is 0 Å². The standard InChI is InChI=1S/C11H12F8O2/c1-6(2)4-7(20)21-5-9(14,15)11(18,19)10(16,17)8(3,12)13/h4H,5H2,1-3H3. The molecule has 0 radical (unpaired) electrons. The first-order chi connectivity index (χ1) is 9.06. The van der Waals surface area contributed by atoms with Crippen LogP contribution < -0.4 is 0 Å². The molecule has 0 spiro atoms. The Morgan fingerprint density at radius 1 is 0.952 bits per heavy atom. The summed E-state index contributed by atoms with van der Waals surface area (Å²) < 4.78 is 106. The fraction of sp³-hybridized carbons (Fsp3) is 0.727. The second-order valence-corrected chi connectivity index (χ2v) is 4.57. The van der Waals surface area contributed by atoms with Crippen LogP contribution in [0.5, 0.6) is 0 Å². The molecule has 2 nitrogen and oxygen atoms in total. The highest BCUT2D eigenvalue weighted by molar-refractivity contribution is 5.82. The summed E-state index contributed by atoms with van der Waals surface area (Å²) in [7, 11) is 0. The smallest absolute Gasteiger partial charge is 0.381 e. The van der Waals surface area contributed by atoms with Crippen molar-refractivity contribution in [1.29, 1.82) is 0 Å². The molecule has 124 valence electrons. The van der Waals surface area contributed by atoms with E-state index < -0.39 is 43.2 Å². The molecular weight excluding hydrogens is 316 g/mol. The van der Waals surface area contributed by atoms with Gasteiger partial charge in [-0.15, -0.1) is 0 Å². The zero-order valence-electron chi connectivity index (χ0n) is 11.1. The van der Waals surface area contributed by atoms with Gasteiger partial charge in [0.1, 0.15) is 0 Å². The third-order valence-corrected chi connectivity index (χ3v) is 2.21. The molecule has 0 aromatic carbocycles. The van der Waals surface area contributed by atoms with E-state index in [0.29, 0.717) is 6.08 Å². The normalized spacial score (nSPS) is 13.9. The zero-order valence-corrected chi connectivity index (χ0v) is 11.1. The maximum atomic E-state index is 13.1. The minimum Gasteiger partial charge on any atom is -0.456 e. The average molecular weight is 328 g/mol. The van der Waals surface area contributed by atoms with Gasteiger partial charge in [-0.3, -0.25) is 0 Å². The summed E-state index contributed by atoms with van der Waals surface area (Å²) in [5.74, 6) is -25.3. The minimum absolute atomic E-state index is 0.264. The Morgan fingerprint density at radius 2 is 1.38 bits per heavy atom. The number of carbonyl (C=O) groups is 1. The van der Waals surface area contributed by atoms with E-state index in [0.717, 1.165) is 0 Å². The summed E-state index contributed by atoms with van der Waals surface area (Å²) in [5, 5.41) is 0. The Kier molecular flexibility index (Phi) is 5.43. The first-order valence-corrected chi connectivity index (χ1v) is 5.39. The molecule has 0 unspecified atom stereocenters. The van der Waals surface area contributed by atoms with Gasteiger partial charge in [0.05, 0.1) is 0 Å². The molecule has 0 aliphatic carbocycles. The van der Waals surface area contributed by atoms with E-state index in [9.17, 15) is 39.9 Å². The maximum Gasteiger partial charge on any atom is 0.381 e. The molecule has 0 bridgehead atoms. The molecule has 0 aliphatic rings. The molecule has 0 fully saturated rings. The number of hydrogen-bond donors (Lipinski definition) is 0. The summed E-state index contributed by atoms with van der Waals surface area (Å²) in [6.07, 6.45) is 0.640. The van der Waals surface area contributed by atoms with Crippen LogP contribution in [0.25, 0.3) is 0 Å². The predicted molar refractivity (Wildman–Crippen MR) is 55.9 cm³/mol. The van der Waals surface area contributed by atoms with Crippen LogP contribution in [0.1, 0.15) is 20.8 Å². The van der Waals surface area contributed by atoms with Crippen LogP contribution >= 0.6 is 0 Å². The molecule has 0 aromatic rings. The van der Waals surface area contributed by atoms with E-state index in [2.05, 4.69) is 4.74 Å². The summed E-state index contributed by atoms with van der Waals surface area (Å²) >= 11 is 0. The molecule has 0 amide bonds. The number of halogens is 8. The maximum absolute atomic E-state index is 13.1. The predicted octanol–water partition coefficient (Wildman–Crippen LogP) is 4.06. The molecule has 0 heterocycles. The molecule has 0 N–H and O–H groups in total. The van der Waals surface area contributed by atoms with Crippen molar-refractivity contribution in [3.05, 3.63) is 11.6 Å². The molecule has 21 heavy (non-hydrogen) atoms. The van der Waals surface area contributed by atoms with Gasteiger partial charge in [0.25, 0.3) is 0 Å². The van der Waals surface area contributed by atoms with Crippen LogP contribution in [-0.4, -0.2) is 36.3 Å². The monoisotopic (exact) mass is 328 g/mol. The van der Waals surface area contributed by atoms with Gasteiger partial charge in [-0.1, -0.05) is 5.57 Å². The highest BCUT2D eigenvalue weighted by Gasteiger charge is 2.79. The lowest BCUT2D eigenvalue weighted by molar-refractivity contribution is -0.366. The lowest BCUT2D eigenvalue weighted by Gasteiger charge is -2.35. The van der Waals surface area contributed by atoms with Gasteiger partial charge >= 0.3 is 29.7 Å². The van der Waals surface area contributed by atoms with E-state index in [1.54, 1.807) is 0 Å². The topological polar surface area (TPSA) is 26.3 Å². The molecule has 10 heteroatoms. The third kappa shape index (κ3) is 4.07. The number of allylic oxidation sites excluding steroid dienone is 1. The van der Waals surface area contributed by atoms with Gasteiger partial charge in [-0.25, -0.2) is 4.79 Å².